The Bertz CT molecular complexity index is 393. The largest absolute Gasteiger partial charge is 0.307 e. The minimum atomic E-state index is 0.469. The lowest BCUT2D eigenvalue weighted by atomic mass is 9.84. The summed E-state index contributed by atoms with van der Waals surface area (Å²) in [7, 11) is 0. The van der Waals surface area contributed by atoms with E-state index in [2.05, 4.69) is 57.3 Å². The van der Waals surface area contributed by atoms with Crippen LogP contribution >= 0.6 is 0 Å². The number of benzene rings is 1. The van der Waals surface area contributed by atoms with Gasteiger partial charge >= 0.3 is 0 Å². The maximum absolute atomic E-state index is 3.85. The van der Waals surface area contributed by atoms with Crippen LogP contribution in [0.2, 0.25) is 0 Å². The Morgan fingerprint density at radius 2 is 1.70 bits per heavy atom. The van der Waals surface area contributed by atoms with Crippen LogP contribution in [0.3, 0.4) is 0 Å². The van der Waals surface area contributed by atoms with Crippen LogP contribution in [0.5, 0.6) is 0 Å². The summed E-state index contributed by atoms with van der Waals surface area (Å²) >= 11 is 0. The zero-order chi connectivity index (χ0) is 14.5. The molecule has 0 bridgehead atoms. The highest BCUT2D eigenvalue weighted by Crippen LogP contribution is 2.28. The lowest BCUT2D eigenvalue weighted by Crippen LogP contribution is -2.35. The fraction of sp³-hybridized carbons (Fsp3) is 0.684. The number of nitrogens with one attached hydrogen (secondary N) is 1. The van der Waals surface area contributed by atoms with E-state index in [9.17, 15) is 0 Å². The van der Waals surface area contributed by atoms with Crippen LogP contribution in [0.15, 0.2) is 24.3 Å². The van der Waals surface area contributed by atoms with Gasteiger partial charge in [-0.3, -0.25) is 0 Å². The van der Waals surface area contributed by atoms with Gasteiger partial charge in [-0.15, -0.1) is 0 Å². The molecule has 1 N–H and O–H groups in total. The van der Waals surface area contributed by atoms with Crippen LogP contribution in [0, 0.1) is 5.92 Å². The Kier molecular flexibility index (Phi) is 5.65. The van der Waals surface area contributed by atoms with Gasteiger partial charge in [0.05, 0.1) is 0 Å². The van der Waals surface area contributed by atoms with Crippen molar-refractivity contribution in [3.63, 3.8) is 0 Å². The van der Waals surface area contributed by atoms with Gasteiger partial charge in [-0.05, 0) is 42.7 Å². The molecule has 2 rings (SSSR count). The van der Waals surface area contributed by atoms with E-state index in [0.717, 1.165) is 5.92 Å². The topological polar surface area (TPSA) is 12.0 Å². The average Bonchev–Trinajstić information content (AvgIpc) is 2.47. The quantitative estimate of drug-likeness (QED) is 0.754. The molecule has 0 radical (unpaired) electrons. The van der Waals surface area contributed by atoms with Gasteiger partial charge in [-0.25, -0.2) is 0 Å². The van der Waals surface area contributed by atoms with Crippen LogP contribution < -0.4 is 5.32 Å². The average molecular weight is 273 g/mol. The van der Waals surface area contributed by atoms with Crippen molar-refractivity contribution in [2.45, 2.75) is 77.8 Å². The fourth-order valence-electron chi connectivity index (χ4n) is 3.43. The molecule has 0 heterocycles. The maximum atomic E-state index is 3.85. The van der Waals surface area contributed by atoms with Gasteiger partial charge in [0.15, 0.2) is 0 Å². The highest BCUT2D eigenvalue weighted by Gasteiger charge is 2.22. The summed E-state index contributed by atoms with van der Waals surface area (Å²) in [5, 5.41) is 3.85. The van der Waals surface area contributed by atoms with Crippen LogP contribution in [-0.4, -0.2) is 6.04 Å². The molecule has 0 spiro atoms. The first-order valence-corrected chi connectivity index (χ1v) is 8.46. The highest BCUT2D eigenvalue weighted by molar-refractivity contribution is 5.26. The van der Waals surface area contributed by atoms with Gasteiger partial charge in [0, 0.05) is 12.1 Å². The van der Waals surface area contributed by atoms with Gasteiger partial charge in [0.25, 0.3) is 0 Å². The van der Waals surface area contributed by atoms with E-state index in [1.165, 1.54) is 43.2 Å². The Hall–Kier alpha value is -0.820. The standard InChI is InChI=1S/C19H31N/c1-5-16-7-6-8-19(13-16)20-15(4)18-11-9-17(10-12-18)14(2)3/h9-12,14-16,19-20H,5-8,13H2,1-4H3. The van der Waals surface area contributed by atoms with Gasteiger partial charge in [0.1, 0.15) is 0 Å². The molecule has 1 aromatic rings. The highest BCUT2D eigenvalue weighted by atomic mass is 14.9. The van der Waals surface area contributed by atoms with E-state index in [1.807, 2.05) is 0 Å². The molecule has 0 amide bonds. The van der Waals surface area contributed by atoms with Crippen LogP contribution in [0.4, 0.5) is 0 Å². The number of hydrogen-bond donors (Lipinski definition) is 1. The first-order chi connectivity index (χ1) is 9.60. The van der Waals surface area contributed by atoms with E-state index in [-0.39, 0.29) is 0 Å². The Morgan fingerprint density at radius 3 is 2.30 bits per heavy atom. The molecule has 1 heteroatoms. The van der Waals surface area contributed by atoms with Crippen molar-refractivity contribution < 1.29 is 0 Å². The molecule has 112 valence electrons. The first kappa shape index (κ1) is 15.6. The SMILES string of the molecule is CCC1CCCC(NC(C)c2ccc(C(C)C)cc2)C1. The third kappa shape index (κ3) is 4.09. The molecule has 1 aliphatic rings. The van der Waals surface area contributed by atoms with Crippen LogP contribution in [-0.2, 0) is 0 Å². The lowest BCUT2D eigenvalue weighted by Gasteiger charge is -2.31. The number of rotatable bonds is 5. The van der Waals surface area contributed by atoms with Gasteiger partial charge in [-0.1, -0.05) is 64.3 Å². The van der Waals surface area contributed by atoms with Crippen molar-refractivity contribution in [2.75, 3.05) is 0 Å². The van der Waals surface area contributed by atoms with Crippen LogP contribution in [0.1, 0.15) is 82.9 Å². The van der Waals surface area contributed by atoms with E-state index in [1.54, 1.807) is 0 Å². The molecular formula is C19H31N. The normalized spacial score (nSPS) is 24.9. The van der Waals surface area contributed by atoms with Crippen LogP contribution in [0.25, 0.3) is 0 Å². The van der Waals surface area contributed by atoms with E-state index < -0.39 is 0 Å². The molecule has 1 nitrogen and oxygen atoms in total. The lowest BCUT2D eigenvalue weighted by molar-refractivity contribution is 0.266. The molecule has 20 heavy (non-hydrogen) atoms. The van der Waals surface area contributed by atoms with E-state index >= 15 is 0 Å². The third-order valence-electron chi connectivity index (χ3n) is 4.95. The number of hydrogen-bond acceptors (Lipinski definition) is 1. The molecule has 1 aliphatic carbocycles. The van der Waals surface area contributed by atoms with Crippen molar-refractivity contribution in [3.8, 4) is 0 Å². The van der Waals surface area contributed by atoms with Crippen molar-refractivity contribution in [1.29, 1.82) is 0 Å². The Morgan fingerprint density at radius 1 is 1.05 bits per heavy atom. The van der Waals surface area contributed by atoms with E-state index in [0.29, 0.717) is 18.0 Å². The van der Waals surface area contributed by atoms with Crippen molar-refractivity contribution in [3.05, 3.63) is 35.4 Å². The molecule has 0 aromatic heterocycles. The molecule has 3 unspecified atom stereocenters. The zero-order valence-electron chi connectivity index (χ0n) is 13.7. The molecule has 1 fully saturated rings. The predicted molar refractivity (Wildman–Crippen MR) is 88.1 cm³/mol. The third-order valence-corrected chi connectivity index (χ3v) is 4.95. The molecule has 1 saturated carbocycles. The van der Waals surface area contributed by atoms with Crippen molar-refractivity contribution in [2.24, 2.45) is 5.92 Å². The molecular weight excluding hydrogens is 242 g/mol. The fourth-order valence-corrected chi connectivity index (χ4v) is 3.43. The summed E-state index contributed by atoms with van der Waals surface area (Å²) in [6.07, 6.45) is 6.90. The monoisotopic (exact) mass is 273 g/mol. The smallest absolute Gasteiger partial charge is 0.0294 e. The van der Waals surface area contributed by atoms with Crippen molar-refractivity contribution >= 4 is 0 Å². The second-order valence-electron chi connectivity index (χ2n) is 6.85. The Labute approximate surface area is 125 Å². The van der Waals surface area contributed by atoms with Gasteiger partial charge in [0.2, 0.25) is 0 Å². The van der Waals surface area contributed by atoms with Gasteiger partial charge < -0.3 is 5.32 Å². The summed E-state index contributed by atoms with van der Waals surface area (Å²) in [5.74, 6) is 1.56. The van der Waals surface area contributed by atoms with Crippen molar-refractivity contribution in [1.82, 2.24) is 5.32 Å². The summed E-state index contributed by atoms with van der Waals surface area (Å²) in [5.41, 5.74) is 2.86. The maximum Gasteiger partial charge on any atom is 0.0294 e. The second kappa shape index (κ2) is 7.26. The molecule has 0 aliphatic heterocycles. The summed E-state index contributed by atoms with van der Waals surface area (Å²) in [4.78, 5) is 0. The molecule has 0 saturated heterocycles. The predicted octanol–water partition coefficient (Wildman–Crippen LogP) is 5.43. The minimum Gasteiger partial charge on any atom is -0.307 e. The molecule has 3 atom stereocenters. The molecule has 1 aromatic carbocycles. The summed E-state index contributed by atoms with van der Waals surface area (Å²) in [6, 6.07) is 10.4. The summed E-state index contributed by atoms with van der Waals surface area (Å²) in [6.45, 7) is 9.15. The minimum absolute atomic E-state index is 0.469. The summed E-state index contributed by atoms with van der Waals surface area (Å²) < 4.78 is 0. The van der Waals surface area contributed by atoms with E-state index in [4.69, 9.17) is 0 Å². The second-order valence-corrected chi connectivity index (χ2v) is 6.85. The van der Waals surface area contributed by atoms with Gasteiger partial charge in [-0.2, -0.15) is 0 Å². The zero-order valence-corrected chi connectivity index (χ0v) is 13.7. The Balaban J connectivity index is 1.92. The first-order valence-electron chi connectivity index (χ1n) is 8.46.